The van der Waals surface area contributed by atoms with Crippen LogP contribution >= 0.6 is 15.9 Å². The maximum atomic E-state index is 14.1. The highest BCUT2D eigenvalue weighted by molar-refractivity contribution is 9.10. The van der Waals surface area contributed by atoms with E-state index in [4.69, 9.17) is 4.98 Å². The zero-order valence-electron chi connectivity index (χ0n) is 21.3. The molecule has 1 N–H and O–H groups in total. The highest BCUT2D eigenvalue weighted by Gasteiger charge is 2.52. The summed E-state index contributed by atoms with van der Waals surface area (Å²) in [5, 5.41) is 9.37. The SMILES string of the molecule is CN1C(=O)C2(CCNCC2)c2c1cnc1c2c(-c2ccc3c(cnn3C)c2)c(Br)n1S(=O)(=O)c1ccccc1. The van der Waals surface area contributed by atoms with Gasteiger partial charge in [0.25, 0.3) is 10.0 Å². The number of carbonyl (C=O) groups excluding carboxylic acids is 1. The monoisotopic (exact) mass is 604 g/mol. The van der Waals surface area contributed by atoms with Gasteiger partial charge in [-0.25, -0.2) is 17.4 Å². The Morgan fingerprint density at radius 2 is 1.77 bits per heavy atom. The molecule has 7 rings (SSSR count). The number of hydrogen-bond acceptors (Lipinski definition) is 6. The van der Waals surface area contributed by atoms with Gasteiger partial charge in [-0.1, -0.05) is 24.3 Å². The molecule has 9 nitrogen and oxygen atoms in total. The molecule has 3 aromatic heterocycles. The van der Waals surface area contributed by atoms with Crippen molar-refractivity contribution < 1.29 is 13.2 Å². The van der Waals surface area contributed by atoms with E-state index in [1.807, 2.05) is 25.2 Å². The molecule has 1 spiro atoms. The van der Waals surface area contributed by atoms with E-state index in [9.17, 15) is 13.2 Å². The summed E-state index contributed by atoms with van der Waals surface area (Å²) in [4.78, 5) is 20.4. The first-order valence-corrected chi connectivity index (χ1v) is 14.9. The van der Waals surface area contributed by atoms with Crippen LogP contribution in [0.1, 0.15) is 18.4 Å². The molecule has 2 aliphatic heterocycles. The number of rotatable bonds is 3. The molecule has 11 heteroatoms. The van der Waals surface area contributed by atoms with Crippen molar-refractivity contribution in [2.24, 2.45) is 7.05 Å². The highest BCUT2D eigenvalue weighted by atomic mass is 79.9. The summed E-state index contributed by atoms with van der Waals surface area (Å²) >= 11 is 3.70. The summed E-state index contributed by atoms with van der Waals surface area (Å²) in [6.45, 7) is 1.40. The Kier molecular flexibility index (Phi) is 5.33. The third-order valence-electron chi connectivity index (χ3n) is 8.19. The number of nitrogens with zero attached hydrogens (tertiary/aromatic N) is 5. The number of carbonyl (C=O) groups is 1. The number of aromatic nitrogens is 4. The van der Waals surface area contributed by atoms with Gasteiger partial charge in [0.1, 0.15) is 4.60 Å². The smallest absolute Gasteiger partial charge is 0.270 e. The second kappa shape index (κ2) is 8.48. The lowest BCUT2D eigenvalue weighted by Gasteiger charge is -2.33. The van der Waals surface area contributed by atoms with Gasteiger partial charge in [0.15, 0.2) is 5.65 Å². The number of fused-ring (bicyclic) bond motifs is 5. The van der Waals surface area contributed by atoms with Crippen molar-refractivity contribution in [3.8, 4) is 11.1 Å². The quantitative estimate of drug-likeness (QED) is 0.331. The lowest BCUT2D eigenvalue weighted by atomic mass is 9.73. The molecule has 0 radical (unpaired) electrons. The van der Waals surface area contributed by atoms with Crippen LogP contribution in [-0.4, -0.2) is 53.2 Å². The number of nitrogens with one attached hydrogen (secondary N) is 1. The Labute approximate surface area is 233 Å². The van der Waals surface area contributed by atoms with Crippen molar-refractivity contribution in [3.05, 3.63) is 71.1 Å². The van der Waals surface area contributed by atoms with E-state index >= 15 is 0 Å². The lowest BCUT2D eigenvalue weighted by molar-refractivity contribution is -0.123. The first-order chi connectivity index (χ1) is 18.8. The fourth-order valence-corrected chi connectivity index (χ4v) is 8.82. The predicted molar refractivity (Wildman–Crippen MR) is 153 cm³/mol. The summed E-state index contributed by atoms with van der Waals surface area (Å²) in [5.74, 6) is 0.0248. The Balaban J connectivity index is 1.63. The van der Waals surface area contributed by atoms with Crippen molar-refractivity contribution >= 4 is 59.5 Å². The van der Waals surface area contributed by atoms with Crippen LogP contribution in [-0.2, 0) is 27.3 Å². The molecule has 5 aromatic rings. The number of halogens is 1. The molecule has 2 aromatic carbocycles. The molecule has 0 aliphatic carbocycles. The average Bonchev–Trinajstić information content (AvgIpc) is 3.54. The molecule has 0 saturated carbocycles. The second-order valence-electron chi connectivity index (χ2n) is 10.2. The Hall–Kier alpha value is -3.54. The maximum Gasteiger partial charge on any atom is 0.270 e. The minimum absolute atomic E-state index is 0.0248. The molecular weight excluding hydrogens is 580 g/mol. The standard InChI is InChI=1S/C28H25BrN6O3S/c1-33-21-16-31-26-23(24(21)28(27(33)36)10-12-30-13-11-28)22(17-8-9-20-18(14-17)15-32-34(20)2)25(29)35(26)39(37,38)19-6-4-3-5-7-19/h3-9,14-16,30H,10-13H2,1-2H3. The summed E-state index contributed by atoms with van der Waals surface area (Å²) in [7, 11) is -0.367. The minimum Gasteiger partial charge on any atom is -0.317 e. The number of aryl methyl sites for hydroxylation is 1. The normalized spacial score (nSPS) is 17.0. The predicted octanol–water partition coefficient (Wildman–Crippen LogP) is 4.19. The minimum atomic E-state index is -4.03. The molecule has 1 fully saturated rings. The van der Waals surface area contributed by atoms with Crippen molar-refractivity contribution in [2.75, 3.05) is 25.0 Å². The third kappa shape index (κ3) is 3.26. The number of likely N-dealkylation sites (N-methyl/N-ethyl adjacent to an activating group) is 1. The molecular formula is C28H25BrN6O3S. The van der Waals surface area contributed by atoms with Crippen LogP contribution in [0.25, 0.3) is 33.1 Å². The molecule has 39 heavy (non-hydrogen) atoms. The lowest BCUT2D eigenvalue weighted by Crippen LogP contribution is -2.46. The van der Waals surface area contributed by atoms with E-state index in [2.05, 4.69) is 26.3 Å². The fourth-order valence-electron chi connectivity index (χ4n) is 6.27. The van der Waals surface area contributed by atoms with Gasteiger partial charge < -0.3 is 10.2 Å². The largest absolute Gasteiger partial charge is 0.317 e. The fraction of sp³-hybridized carbons (Fsp3) is 0.250. The maximum absolute atomic E-state index is 14.1. The molecule has 1 saturated heterocycles. The van der Waals surface area contributed by atoms with Gasteiger partial charge in [0.05, 0.1) is 33.9 Å². The van der Waals surface area contributed by atoms with Crippen molar-refractivity contribution in [1.82, 2.24) is 24.1 Å². The van der Waals surface area contributed by atoms with Crippen LogP contribution in [0, 0.1) is 0 Å². The van der Waals surface area contributed by atoms with Gasteiger partial charge in [0, 0.05) is 36.0 Å². The van der Waals surface area contributed by atoms with E-state index < -0.39 is 15.4 Å². The first-order valence-electron chi connectivity index (χ1n) is 12.7. The Bertz CT molecular complexity index is 1920. The molecule has 1 amide bonds. The average molecular weight is 606 g/mol. The summed E-state index contributed by atoms with van der Waals surface area (Å²) in [5.41, 5.74) is 3.59. The molecule has 198 valence electrons. The molecule has 5 heterocycles. The van der Waals surface area contributed by atoms with Crippen molar-refractivity contribution in [3.63, 3.8) is 0 Å². The molecule has 0 bridgehead atoms. The van der Waals surface area contributed by atoms with Gasteiger partial charge in [-0.05, 0) is 71.7 Å². The van der Waals surface area contributed by atoms with Gasteiger partial charge in [0.2, 0.25) is 5.91 Å². The van der Waals surface area contributed by atoms with Crippen LogP contribution in [0.15, 0.2) is 70.4 Å². The summed E-state index contributed by atoms with van der Waals surface area (Å²) < 4.78 is 31.7. The number of piperidine rings is 1. The van der Waals surface area contributed by atoms with Crippen molar-refractivity contribution in [2.45, 2.75) is 23.2 Å². The Morgan fingerprint density at radius 3 is 2.51 bits per heavy atom. The van der Waals surface area contributed by atoms with Gasteiger partial charge in [-0.3, -0.25) is 9.48 Å². The highest BCUT2D eigenvalue weighted by Crippen LogP contribution is 2.53. The molecule has 0 atom stereocenters. The number of anilines is 1. The topological polar surface area (TPSA) is 102 Å². The van der Waals surface area contributed by atoms with Crippen LogP contribution in [0.5, 0.6) is 0 Å². The first kappa shape index (κ1) is 24.5. The molecule has 2 aliphatic rings. The second-order valence-corrected chi connectivity index (χ2v) is 12.7. The number of pyridine rings is 1. The van der Waals surface area contributed by atoms with E-state index in [0.717, 1.165) is 27.7 Å². The number of benzene rings is 2. The third-order valence-corrected chi connectivity index (χ3v) is 10.9. The zero-order valence-corrected chi connectivity index (χ0v) is 23.8. The molecule has 0 unspecified atom stereocenters. The zero-order chi connectivity index (χ0) is 27.1. The van der Waals surface area contributed by atoms with Gasteiger partial charge in [-0.15, -0.1) is 0 Å². The van der Waals surface area contributed by atoms with Crippen LogP contribution in [0.3, 0.4) is 0 Å². The number of hydrogen-bond donors (Lipinski definition) is 1. The number of amides is 1. The van der Waals surface area contributed by atoms with Gasteiger partial charge >= 0.3 is 0 Å². The van der Waals surface area contributed by atoms with Gasteiger partial charge in [-0.2, -0.15) is 5.10 Å². The van der Waals surface area contributed by atoms with E-state index in [-0.39, 0.29) is 10.8 Å². The van der Waals surface area contributed by atoms with Crippen molar-refractivity contribution in [1.29, 1.82) is 0 Å². The summed E-state index contributed by atoms with van der Waals surface area (Å²) in [6.07, 6.45) is 4.68. The van der Waals surface area contributed by atoms with Crippen LogP contribution in [0.2, 0.25) is 0 Å². The van der Waals surface area contributed by atoms with Crippen LogP contribution < -0.4 is 10.2 Å². The Morgan fingerprint density at radius 1 is 1.03 bits per heavy atom. The van der Waals surface area contributed by atoms with E-state index in [1.165, 1.54) is 3.97 Å². The van der Waals surface area contributed by atoms with Crippen LogP contribution in [0.4, 0.5) is 5.69 Å². The van der Waals surface area contributed by atoms with E-state index in [0.29, 0.717) is 47.1 Å². The summed E-state index contributed by atoms with van der Waals surface area (Å²) in [6, 6.07) is 14.3. The van der Waals surface area contributed by atoms with E-state index in [1.54, 1.807) is 59.4 Å².